The van der Waals surface area contributed by atoms with E-state index in [4.69, 9.17) is 58.8 Å². The molecule has 10 heteroatoms. The minimum atomic E-state index is -0.698. The number of hydrogen-bond donors (Lipinski definition) is 1. The number of methoxy groups -OCH3 is 1. The molecule has 4 aliphatic heterocycles. The van der Waals surface area contributed by atoms with E-state index in [1.807, 2.05) is 55.5 Å². The predicted octanol–water partition coefficient (Wildman–Crippen LogP) is 12.0. The van der Waals surface area contributed by atoms with Gasteiger partial charge in [0.1, 0.15) is 0 Å². The van der Waals surface area contributed by atoms with E-state index in [0.717, 1.165) is 97.0 Å². The van der Waals surface area contributed by atoms with E-state index in [1.165, 1.54) is 6.42 Å². The zero-order chi connectivity index (χ0) is 39.8. The van der Waals surface area contributed by atoms with Crippen molar-refractivity contribution in [1.82, 2.24) is 4.90 Å². The maximum atomic E-state index is 11.5. The molecule has 0 aromatic heterocycles. The lowest BCUT2D eigenvalue weighted by atomic mass is 9.58. The molecule has 2 bridgehead atoms. The average molecular weight is 827 g/mol. The Morgan fingerprint density at radius 1 is 0.857 bits per heavy atom. The fraction of sp³-hybridized carbons (Fsp3) is 0.565. The third kappa shape index (κ3) is 8.25. The van der Waals surface area contributed by atoms with Crippen LogP contribution in [0, 0.1) is 23.7 Å². The molecule has 0 amide bonds. The summed E-state index contributed by atoms with van der Waals surface area (Å²) in [5.41, 5.74) is 6.67. The molecule has 4 saturated heterocycles. The summed E-state index contributed by atoms with van der Waals surface area (Å²) in [4.78, 5) is 14.2. The Balaban J connectivity index is 0.000000193. The zero-order valence-electron chi connectivity index (χ0n) is 33.7. The number of aliphatic hydroxyl groups is 1. The first-order valence-electron chi connectivity index (χ1n) is 20.7. The Hall–Kier alpha value is -2.01. The van der Waals surface area contributed by atoms with Crippen LogP contribution in [0.3, 0.4) is 0 Å². The fourth-order valence-corrected chi connectivity index (χ4v) is 10.5. The van der Waals surface area contributed by atoms with Crippen LogP contribution in [0.25, 0.3) is 22.8 Å². The van der Waals surface area contributed by atoms with E-state index < -0.39 is 23.8 Å². The molecule has 1 N–H and O–H groups in total. The standard InChI is InChI=1S/C30H32Cl3NO.C16H26O5/c1-3-5-13-34(14-6-4-2)19-29(35)28-18-23(33)17-27-25(15-20-7-9-21(31)10-8-20)26-16-22(32)11-12-24(26)30(27)28;1-9-5-6-12-10(2)13(17-4)18-14-16(12)11(9)7-8-15(3,19-14)20-21-16/h7-12,15-18,29,35H,3-6,13-14,19H2,1-2H3;9-14H,5-8H2,1-4H3/b25-15-;/t;9-,10-,11+,12+,13+,14-,15+,16-/m.1/s1. The van der Waals surface area contributed by atoms with Gasteiger partial charge in [0.15, 0.2) is 18.2 Å². The van der Waals surface area contributed by atoms with Gasteiger partial charge in [0.05, 0.1) is 6.10 Å². The molecule has 5 fully saturated rings. The highest BCUT2D eigenvalue weighted by Crippen LogP contribution is 2.60. The molecule has 3 aromatic rings. The zero-order valence-corrected chi connectivity index (χ0v) is 35.9. The van der Waals surface area contributed by atoms with Crippen molar-refractivity contribution < 1.29 is 29.1 Å². The highest BCUT2D eigenvalue weighted by Gasteiger charge is 2.69. The van der Waals surface area contributed by atoms with E-state index in [-0.39, 0.29) is 12.2 Å². The predicted molar refractivity (Wildman–Crippen MR) is 225 cm³/mol. The van der Waals surface area contributed by atoms with Crippen LogP contribution in [0.1, 0.15) is 114 Å². The summed E-state index contributed by atoms with van der Waals surface area (Å²) in [6.45, 7) is 13.4. The number of aliphatic hydroxyl groups excluding tert-OH is 1. The molecule has 3 aromatic carbocycles. The Labute approximate surface area is 348 Å². The van der Waals surface area contributed by atoms with E-state index >= 15 is 0 Å². The summed E-state index contributed by atoms with van der Waals surface area (Å²) < 4.78 is 17.9. The van der Waals surface area contributed by atoms with Crippen LogP contribution in [0.15, 0.2) is 54.6 Å². The third-order valence-corrected chi connectivity index (χ3v) is 13.6. The van der Waals surface area contributed by atoms with E-state index in [9.17, 15) is 5.11 Å². The van der Waals surface area contributed by atoms with E-state index in [1.54, 1.807) is 7.11 Å². The second-order valence-corrected chi connectivity index (χ2v) is 18.1. The Morgan fingerprint density at radius 3 is 2.25 bits per heavy atom. The maximum Gasteiger partial charge on any atom is 0.201 e. The molecule has 4 heterocycles. The summed E-state index contributed by atoms with van der Waals surface area (Å²) in [5.74, 6) is 0.953. The van der Waals surface area contributed by atoms with Crippen molar-refractivity contribution in [3.05, 3.63) is 91.9 Å². The number of hydrogen-bond acceptors (Lipinski definition) is 7. The lowest BCUT2D eigenvalue weighted by Crippen LogP contribution is -2.70. The van der Waals surface area contributed by atoms with Crippen molar-refractivity contribution in [2.45, 2.75) is 116 Å². The lowest BCUT2D eigenvalue weighted by Gasteiger charge is -2.60. The maximum absolute atomic E-state index is 11.5. The summed E-state index contributed by atoms with van der Waals surface area (Å²) in [5, 5.41) is 13.5. The van der Waals surface area contributed by atoms with E-state index in [0.29, 0.717) is 39.4 Å². The third-order valence-electron chi connectivity index (χ3n) is 12.9. The minimum Gasteiger partial charge on any atom is -0.387 e. The van der Waals surface area contributed by atoms with Gasteiger partial charge in [0.2, 0.25) is 5.79 Å². The smallest absolute Gasteiger partial charge is 0.201 e. The quantitative estimate of drug-likeness (QED) is 0.151. The molecule has 2 aliphatic carbocycles. The van der Waals surface area contributed by atoms with Crippen LogP contribution < -0.4 is 0 Å². The van der Waals surface area contributed by atoms with Gasteiger partial charge in [-0.3, -0.25) is 0 Å². The number of ether oxygens (including phenoxy) is 3. The summed E-state index contributed by atoms with van der Waals surface area (Å²) in [6.07, 6.45) is 9.65. The first kappa shape index (κ1) is 42.1. The molecule has 9 rings (SSSR count). The molecule has 6 aliphatic rings. The van der Waals surface area contributed by atoms with Gasteiger partial charge in [-0.15, -0.1) is 0 Å². The number of benzene rings is 3. The van der Waals surface area contributed by atoms with Crippen molar-refractivity contribution in [3.8, 4) is 11.1 Å². The van der Waals surface area contributed by atoms with Gasteiger partial charge in [0, 0.05) is 47.0 Å². The SMILES string of the molecule is CCCCN(CCCC)CC(O)c1cc(Cl)cc2c1-c1ccc(Cl)cc1/C2=C/c1ccc(Cl)cc1.CO[C@H]1O[C@@H]2O[C@]3(C)CC[C@H]4[C@H](C)CC[C@@H]([C@H]1C)[C@@]24OO3. The Kier molecular flexibility index (Phi) is 13.3. The van der Waals surface area contributed by atoms with Crippen molar-refractivity contribution in [3.63, 3.8) is 0 Å². The van der Waals surface area contributed by atoms with Crippen molar-refractivity contribution in [2.75, 3.05) is 26.7 Å². The molecular weight excluding hydrogens is 769 g/mol. The number of halogens is 3. The van der Waals surface area contributed by atoms with Gasteiger partial charge in [-0.05, 0) is 145 Å². The lowest BCUT2D eigenvalue weighted by molar-refractivity contribution is -0.577. The van der Waals surface area contributed by atoms with Gasteiger partial charge in [0.25, 0.3) is 0 Å². The Bertz CT molecular complexity index is 1860. The molecule has 0 radical (unpaired) electrons. The molecule has 56 heavy (non-hydrogen) atoms. The van der Waals surface area contributed by atoms with Crippen LogP contribution in [0.4, 0.5) is 0 Å². The highest BCUT2D eigenvalue weighted by atomic mass is 35.5. The van der Waals surface area contributed by atoms with Gasteiger partial charge >= 0.3 is 0 Å². The van der Waals surface area contributed by atoms with Crippen molar-refractivity contribution in [1.29, 1.82) is 0 Å². The summed E-state index contributed by atoms with van der Waals surface area (Å²) >= 11 is 19.2. The van der Waals surface area contributed by atoms with Crippen LogP contribution in [-0.4, -0.2) is 60.7 Å². The first-order chi connectivity index (χ1) is 26.9. The highest BCUT2D eigenvalue weighted by molar-refractivity contribution is 6.32. The molecule has 9 atom stereocenters. The number of rotatable bonds is 11. The largest absolute Gasteiger partial charge is 0.387 e. The van der Waals surface area contributed by atoms with Crippen LogP contribution in [0.2, 0.25) is 15.1 Å². The van der Waals surface area contributed by atoms with Gasteiger partial charge in [-0.2, -0.15) is 0 Å². The monoisotopic (exact) mass is 825 g/mol. The minimum absolute atomic E-state index is 0.230. The topological polar surface area (TPSA) is 69.6 Å². The van der Waals surface area contributed by atoms with Crippen LogP contribution in [0.5, 0.6) is 0 Å². The number of unbranched alkanes of at least 4 members (excludes halogenated alkanes) is 2. The summed E-state index contributed by atoms with van der Waals surface area (Å²) in [7, 11) is 1.70. The van der Waals surface area contributed by atoms with Gasteiger partial charge < -0.3 is 24.2 Å². The average Bonchev–Trinajstić information content (AvgIpc) is 3.28. The Morgan fingerprint density at radius 2 is 1.55 bits per heavy atom. The van der Waals surface area contributed by atoms with Crippen molar-refractivity contribution >= 4 is 46.5 Å². The molecular formula is C46H58Cl3NO6. The molecule has 304 valence electrons. The normalized spacial score (nSPS) is 31.3. The van der Waals surface area contributed by atoms with Gasteiger partial charge in [-0.1, -0.05) is 93.5 Å². The molecule has 1 unspecified atom stereocenters. The summed E-state index contributed by atoms with van der Waals surface area (Å²) in [6, 6.07) is 17.6. The van der Waals surface area contributed by atoms with Crippen LogP contribution >= 0.6 is 34.8 Å². The van der Waals surface area contributed by atoms with E-state index in [2.05, 4.69) is 44.7 Å². The number of nitrogens with zero attached hydrogens (tertiary/aromatic N) is 1. The fourth-order valence-electron chi connectivity index (χ4n) is 9.93. The first-order valence-corrected chi connectivity index (χ1v) is 21.8. The number of fused-ring (bicyclic) bond motifs is 5. The van der Waals surface area contributed by atoms with Gasteiger partial charge in [-0.25, -0.2) is 9.78 Å². The van der Waals surface area contributed by atoms with Crippen molar-refractivity contribution in [2.24, 2.45) is 23.7 Å². The molecule has 1 spiro atoms. The molecule has 1 saturated carbocycles. The van der Waals surface area contributed by atoms with Crippen LogP contribution in [-0.2, 0) is 24.0 Å². The molecule has 7 nitrogen and oxygen atoms in total. The second kappa shape index (κ2) is 17.7. The second-order valence-electron chi connectivity index (χ2n) is 16.7.